The Hall–Kier alpha value is -1.50. The Morgan fingerprint density at radius 1 is 1.03 bits per heavy atom. The first kappa shape index (κ1) is 21.7. The number of piperidine rings is 2. The lowest BCUT2D eigenvalue weighted by Crippen LogP contribution is -2.59. The molecule has 0 aromatic rings. The van der Waals surface area contributed by atoms with Gasteiger partial charge in [0.1, 0.15) is 5.60 Å². The molecule has 0 bridgehead atoms. The molecular formula is C23H40N4O3. The second-order valence-electron chi connectivity index (χ2n) is 11.0. The van der Waals surface area contributed by atoms with Gasteiger partial charge in [0.15, 0.2) is 0 Å². The van der Waals surface area contributed by atoms with E-state index in [2.05, 4.69) is 22.0 Å². The van der Waals surface area contributed by atoms with E-state index in [4.69, 9.17) is 4.74 Å². The summed E-state index contributed by atoms with van der Waals surface area (Å²) in [5, 5.41) is 3.24. The van der Waals surface area contributed by atoms with Crippen LogP contribution in [0.4, 0.5) is 9.59 Å². The fourth-order valence-electron chi connectivity index (χ4n) is 5.93. The van der Waals surface area contributed by atoms with E-state index >= 15 is 0 Å². The fraction of sp³-hybridized carbons (Fsp3) is 0.913. The van der Waals surface area contributed by atoms with E-state index in [0.29, 0.717) is 18.1 Å². The van der Waals surface area contributed by atoms with Crippen molar-refractivity contribution in [3.63, 3.8) is 0 Å². The predicted octanol–water partition coefficient (Wildman–Crippen LogP) is 3.58. The number of hydrogen-bond acceptors (Lipinski definition) is 4. The minimum absolute atomic E-state index is 0.129. The number of carbonyl (C=O) groups excluding carboxylic acids is 2. The van der Waals surface area contributed by atoms with E-state index in [1.54, 1.807) is 0 Å². The highest BCUT2D eigenvalue weighted by Crippen LogP contribution is 2.36. The van der Waals surface area contributed by atoms with Crippen LogP contribution in [0.15, 0.2) is 0 Å². The molecular weight excluding hydrogens is 380 g/mol. The molecule has 7 nitrogen and oxygen atoms in total. The third kappa shape index (κ3) is 4.41. The predicted molar refractivity (Wildman–Crippen MR) is 116 cm³/mol. The lowest BCUT2D eigenvalue weighted by atomic mass is 9.85. The van der Waals surface area contributed by atoms with Crippen LogP contribution in [-0.2, 0) is 4.74 Å². The number of ether oxygens (including phenoxy) is 1. The summed E-state index contributed by atoms with van der Waals surface area (Å²) >= 11 is 0. The first-order valence-corrected chi connectivity index (χ1v) is 12.0. The smallest absolute Gasteiger partial charge is 0.410 e. The topological polar surface area (TPSA) is 65.1 Å². The summed E-state index contributed by atoms with van der Waals surface area (Å²) in [4.78, 5) is 31.7. The van der Waals surface area contributed by atoms with Gasteiger partial charge in [-0.15, -0.1) is 0 Å². The first-order chi connectivity index (χ1) is 14.2. The van der Waals surface area contributed by atoms with E-state index in [1.807, 2.05) is 25.7 Å². The van der Waals surface area contributed by atoms with Gasteiger partial charge in [-0.2, -0.15) is 0 Å². The summed E-state index contributed by atoms with van der Waals surface area (Å²) in [6.07, 6.45) is 8.66. The van der Waals surface area contributed by atoms with E-state index in [0.717, 1.165) is 64.7 Å². The summed E-state index contributed by atoms with van der Waals surface area (Å²) in [5.74, 6) is 0. The van der Waals surface area contributed by atoms with Crippen LogP contribution in [0.2, 0.25) is 0 Å². The highest BCUT2D eigenvalue weighted by Gasteiger charge is 2.46. The molecule has 2 atom stereocenters. The zero-order valence-corrected chi connectivity index (χ0v) is 19.3. The highest BCUT2D eigenvalue weighted by atomic mass is 16.6. The van der Waals surface area contributed by atoms with Gasteiger partial charge in [0.2, 0.25) is 0 Å². The average Bonchev–Trinajstić information content (AvgIpc) is 3.03. The van der Waals surface area contributed by atoms with Crippen molar-refractivity contribution in [2.75, 3.05) is 26.2 Å². The highest BCUT2D eigenvalue weighted by molar-refractivity contribution is 5.78. The number of likely N-dealkylation sites (tertiary alicyclic amines) is 2. The molecule has 3 heterocycles. The second kappa shape index (κ2) is 8.21. The number of rotatable bonds is 2. The Balaban J connectivity index is 1.29. The van der Waals surface area contributed by atoms with Crippen LogP contribution in [0.1, 0.15) is 79.1 Å². The minimum atomic E-state index is -0.446. The Kier molecular flexibility index (Phi) is 5.94. The molecule has 0 aromatic heterocycles. The first-order valence-electron chi connectivity index (χ1n) is 12.0. The van der Waals surface area contributed by atoms with Gasteiger partial charge in [-0.1, -0.05) is 12.8 Å². The number of urea groups is 1. The molecule has 0 aromatic carbocycles. The normalized spacial score (nSPS) is 30.7. The molecule has 1 N–H and O–H groups in total. The van der Waals surface area contributed by atoms with Crippen molar-refractivity contribution in [1.82, 2.24) is 20.0 Å². The Bertz CT molecular complexity index is 645. The Morgan fingerprint density at radius 2 is 1.67 bits per heavy atom. The van der Waals surface area contributed by atoms with Gasteiger partial charge < -0.3 is 19.9 Å². The van der Waals surface area contributed by atoms with Crippen LogP contribution in [0.3, 0.4) is 0 Å². The molecule has 4 fully saturated rings. The van der Waals surface area contributed by atoms with Crippen molar-refractivity contribution in [2.24, 2.45) is 0 Å². The third-order valence-corrected chi connectivity index (χ3v) is 7.74. The third-order valence-electron chi connectivity index (χ3n) is 7.74. The SMILES string of the molecule is CC(C)(C)OC(=O)N1CCC(C)(N2CCC(N3C(=O)N[C@@H]4CCCC[C@H]43)CC2)CC1. The largest absolute Gasteiger partial charge is 0.444 e. The monoisotopic (exact) mass is 420 g/mol. The molecule has 0 radical (unpaired) electrons. The molecule has 1 aliphatic carbocycles. The van der Waals surface area contributed by atoms with Gasteiger partial charge in [0.25, 0.3) is 0 Å². The van der Waals surface area contributed by atoms with Gasteiger partial charge in [-0.05, 0) is 66.2 Å². The van der Waals surface area contributed by atoms with E-state index in [1.165, 1.54) is 12.8 Å². The molecule has 3 saturated heterocycles. The van der Waals surface area contributed by atoms with Crippen LogP contribution < -0.4 is 5.32 Å². The molecule has 7 heteroatoms. The zero-order valence-electron chi connectivity index (χ0n) is 19.3. The maximum Gasteiger partial charge on any atom is 0.410 e. The summed E-state index contributed by atoms with van der Waals surface area (Å²) < 4.78 is 5.55. The molecule has 0 spiro atoms. The van der Waals surface area contributed by atoms with Gasteiger partial charge in [-0.3, -0.25) is 4.90 Å². The van der Waals surface area contributed by atoms with E-state index in [9.17, 15) is 9.59 Å². The molecule has 4 rings (SSSR count). The second-order valence-corrected chi connectivity index (χ2v) is 11.0. The molecule has 1 saturated carbocycles. The van der Waals surface area contributed by atoms with E-state index < -0.39 is 5.60 Å². The van der Waals surface area contributed by atoms with Gasteiger partial charge in [0.05, 0.1) is 12.1 Å². The maximum absolute atomic E-state index is 12.6. The molecule has 0 unspecified atom stereocenters. The van der Waals surface area contributed by atoms with Gasteiger partial charge in [-0.25, -0.2) is 9.59 Å². The quantitative estimate of drug-likeness (QED) is 0.742. The summed E-state index contributed by atoms with van der Waals surface area (Å²) in [7, 11) is 0. The fourth-order valence-corrected chi connectivity index (χ4v) is 5.93. The number of nitrogens with zero attached hydrogens (tertiary/aromatic N) is 3. The Morgan fingerprint density at radius 3 is 2.30 bits per heavy atom. The number of carbonyl (C=O) groups is 2. The van der Waals surface area contributed by atoms with E-state index in [-0.39, 0.29) is 17.7 Å². The molecule has 170 valence electrons. The number of fused-ring (bicyclic) bond motifs is 1. The van der Waals surface area contributed by atoms with Gasteiger partial charge in [0, 0.05) is 37.8 Å². The van der Waals surface area contributed by atoms with Crippen LogP contribution in [-0.4, -0.2) is 82.3 Å². The van der Waals surface area contributed by atoms with Crippen LogP contribution in [0.5, 0.6) is 0 Å². The van der Waals surface area contributed by atoms with Gasteiger partial charge >= 0.3 is 12.1 Å². The summed E-state index contributed by atoms with van der Waals surface area (Å²) in [6.45, 7) is 11.7. The number of amides is 3. The van der Waals surface area contributed by atoms with Crippen molar-refractivity contribution in [2.45, 2.75) is 108 Å². The molecule has 4 aliphatic rings. The van der Waals surface area contributed by atoms with Crippen molar-refractivity contribution in [3.05, 3.63) is 0 Å². The standard InChI is InChI=1S/C23H40N4O3/c1-22(2,3)30-21(29)25-15-11-23(4,12-16-25)26-13-9-17(10-14-26)27-19-8-6-5-7-18(19)24-20(27)28/h17-19H,5-16H2,1-4H3,(H,24,28)/t18-,19-/m1/s1. The maximum atomic E-state index is 12.6. The van der Waals surface area contributed by atoms with Crippen molar-refractivity contribution in [3.8, 4) is 0 Å². The lowest BCUT2D eigenvalue weighted by molar-refractivity contribution is -0.0141. The summed E-state index contributed by atoms with van der Waals surface area (Å²) in [6, 6.07) is 1.33. The molecule has 30 heavy (non-hydrogen) atoms. The van der Waals surface area contributed by atoms with Crippen molar-refractivity contribution >= 4 is 12.1 Å². The molecule has 3 amide bonds. The van der Waals surface area contributed by atoms with Crippen LogP contribution in [0, 0.1) is 0 Å². The Labute approximate surface area is 181 Å². The molecule has 3 aliphatic heterocycles. The summed E-state index contributed by atoms with van der Waals surface area (Å²) in [5.41, 5.74) is -0.316. The van der Waals surface area contributed by atoms with Crippen LogP contribution >= 0.6 is 0 Å². The van der Waals surface area contributed by atoms with Crippen molar-refractivity contribution in [1.29, 1.82) is 0 Å². The minimum Gasteiger partial charge on any atom is -0.444 e. The lowest BCUT2D eigenvalue weighted by Gasteiger charge is -2.50. The zero-order chi connectivity index (χ0) is 21.5. The number of hydrogen-bond donors (Lipinski definition) is 1. The average molecular weight is 421 g/mol. The number of nitrogens with one attached hydrogen (secondary N) is 1. The van der Waals surface area contributed by atoms with Crippen molar-refractivity contribution < 1.29 is 14.3 Å². The van der Waals surface area contributed by atoms with Crippen LogP contribution in [0.25, 0.3) is 0 Å².